The Labute approximate surface area is 163 Å². The van der Waals surface area contributed by atoms with Gasteiger partial charge in [0.1, 0.15) is 5.82 Å². The molecule has 2 aromatic carbocycles. The minimum Gasteiger partial charge on any atom is -0.352 e. The van der Waals surface area contributed by atoms with Gasteiger partial charge in [0.2, 0.25) is 4.96 Å². The molecule has 2 heterocycles. The van der Waals surface area contributed by atoms with Crippen molar-refractivity contribution in [1.82, 2.24) is 19.9 Å². The molecule has 0 spiro atoms. The van der Waals surface area contributed by atoms with Crippen molar-refractivity contribution in [2.75, 3.05) is 6.54 Å². The molecule has 5 nitrogen and oxygen atoms in total. The van der Waals surface area contributed by atoms with E-state index in [0.29, 0.717) is 34.9 Å². The van der Waals surface area contributed by atoms with Crippen LogP contribution in [0.2, 0.25) is 5.02 Å². The van der Waals surface area contributed by atoms with Gasteiger partial charge in [-0.1, -0.05) is 35.9 Å². The number of nitrogens with one attached hydrogen (secondary N) is 1. The second kappa shape index (κ2) is 7.46. The lowest BCUT2D eigenvalue weighted by molar-refractivity contribution is 0.0954. The fraction of sp³-hybridized carbons (Fsp3) is 0.105. The molecule has 4 aromatic rings. The van der Waals surface area contributed by atoms with Crippen LogP contribution < -0.4 is 5.32 Å². The van der Waals surface area contributed by atoms with Crippen LogP contribution in [0.15, 0.2) is 53.9 Å². The van der Waals surface area contributed by atoms with E-state index in [1.807, 2.05) is 5.38 Å². The van der Waals surface area contributed by atoms with Crippen LogP contribution in [0.5, 0.6) is 0 Å². The van der Waals surface area contributed by atoms with Crippen LogP contribution in [0.25, 0.3) is 16.3 Å². The van der Waals surface area contributed by atoms with E-state index in [4.69, 9.17) is 11.6 Å². The summed E-state index contributed by atoms with van der Waals surface area (Å²) in [5.74, 6) is -0.0676. The Morgan fingerprint density at radius 2 is 2.07 bits per heavy atom. The Kier molecular flexibility index (Phi) is 4.87. The van der Waals surface area contributed by atoms with Gasteiger partial charge in [-0.2, -0.15) is 4.98 Å². The highest BCUT2D eigenvalue weighted by Gasteiger charge is 2.13. The summed E-state index contributed by atoms with van der Waals surface area (Å²) < 4.78 is 15.1. The largest absolute Gasteiger partial charge is 0.352 e. The topological polar surface area (TPSA) is 59.3 Å². The van der Waals surface area contributed by atoms with Gasteiger partial charge in [-0.05, 0) is 24.3 Å². The lowest BCUT2D eigenvalue weighted by Crippen LogP contribution is -2.26. The highest BCUT2D eigenvalue weighted by molar-refractivity contribution is 7.15. The van der Waals surface area contributed by atoms with Crippen LogP contribution >= 0.6 is 22.9 Å². The van der Waals surface area contributed by atoms with Crippen molar-refractivity contribution >= 4 is 33.8 Å². The maximum absolute atomic E-state index is 13.4. The molecule has 0 radical (unpaired) electrons. The number of carbonyl (C=O) groups is 1. The van der Waals surface area contributed by atoms with E-state index in [1.165, 1.54) is 23.5 Å². The van der Waals surface area contributed by atoms with Crippen molar-refractivity contribution in [1.29, 1.82) is 0 Å². The molecule has 8 heteroatoms. The molecule has 0 bridgehead atoms. The summed E-state index contributed by atoms with van der Waals surface area (Å²) in [6.07, 6.45) is 0.585. The lowest BCUT2D eigenvalue weighted by Gasteiger charge is -2.06. The second-order valence-electron chi connectivity index (χ2n) is 5.85. The van der Waals surface area contributed by atoms with Gasteiger partial charge >= 0.3 is 0 Å². The zero-order chi connectivity index (χ0) is 18.8. The number of hydrogen-bond acceptors (Lipinski definition) is 4. The first-order chi connectivity index (χ1) is 13.1. The minimum absolute atomic E-state index is 0.217. The zero-order valence-electron chi connectivity index (χ0n) is 14.0. The van der Waals surface area contributed by atoms with Gasteiger partial charge in [-0.15, -0.1) is 16.4 Å². The SMILES string of the molecule is O=C(NCCc1csc2nc(-c3cccc(F)c3)nn12)c1ccccc1Cl. The molecule has 1 amide bonds. The van der Waals surface area contributed by atoms with E-state index in [-0.39, 0.29) is 11.7 Å². The number of thiazole rings is 1. The van der Waals surface area contributed by atoms with Gasteiger partial charge in [-0.25, -0.2) is 8.91 Å². The Morgan fingerprint density at radius 3 is 2.89 bits per heavy atom. The Morgan fingerprint density at radius 1 is 1.22 bits per heavy atom. The molecule has 136 valence electrons. The fourth-order valence-corrected chi connectivity index (χ4v) is 3.77. The number of amides is 1. The van der Waals surface area contributed by atoms with E-state index in [9.17, 15) is 9.18 Å². The number of rotatable bonds is 5. The summed E-state index contributed by atoms with van der Waals surface area (Å²) in [4.78, 5) is 17.4. The van der Waals surface area contributed by atoms with Gasteiger partial charge in [-0.3, -0.25) is 4.79 Å². The van der Waals surface area contributed by atoms with Gasteiger partial charge < -0.3 is 5.32 Å². The molecule has 1 N–H and O–H groups in total. The third kappa shape index (κ3) is 3.70. The normalized spacial score (nSPS) is 11.0. The number of aromatic nitrogens is 3. The molecule has 0 atom stereocenters. The van der Waals surface area contributed by atoms with Crippen molar-refractivity contribution in [3.05, 3.63) is 76.0 Å². The first-order valence-corrected chi connectivity index (χ1v) is 9.49. The van der Waals surface area contributed by atoms with Crippen molar-refractivity contribution in [2.24, 2.45) is 0 Å². The monoisotopic (exact) mass is 400 g/mol. The summed E-state index contributed by atoms with van der Waals surface area (Å²) in [5.41, 5.74) is 2.00. The summed E-state index contributed by atoms with van der Waals surface area (Å²) in [7, 11) is 0. The predicted octanol–water partition coefficient (Wildman–Crippen LogP) is 4.22. The van der Waals surface area contributed by atoms with Gasteiger partial charge in [0.25, 0.3) is 5.91 Å². The van der Waals surface area contributed by atoms with Crippen LogP contribution in [0.1, 0.15) is 16.1 Å². The summed E-state index contributed by atoms with van der Waals surface area (Å²) >= 11 is 7.49. The summed E-state index contributed by atoms with van der Waals surface area (Å²) in [5, 5.41) is 9.70. The summed E-state index contributed by atoms with van der Waals surface area (Å²) in [6.45, 7) is 0.436. The maximum atomic E-state index is 13.4. The minimum atomic E-state index is -0.326. The molecule has 0 aliphatic carbocycles. The molecule has 0 aliphatic heterocycles. The third-order valence-corrected chi connectivity index (χ3v) is 5.21. The number of carbonyl (C=O) groups excluding carboxylic acids is 1. The second-order valence-corrected chi connectivity index (χ2v) is 7.10. The average Bonchev–Trinajstić information content (AvgIpc) is 3.24. The Bertz CT molecular complexity index is 1120. The smallest absolute Gasteiger partial charge is 0.252 e. The highest BCUT2D eigenvalue weighted by Crippen LogP contribution is 2.21. The molecule has 0 unspecified atom stereocenters. The third-order valence-electron chi connectivity index (χ3n) is 4.02. The molecule has 4 rings (SSSR count). The van der Waals surface area contributed by atoms with Crippen LogP contribution in [0.4, 0.5) is 4.39 Å². The molecule has 2 aromatic heterocycles. The first-order valence-electron chi connectivity index (χ1n) is 8.23. The number of hydrogen-bond donors (Lipinski definition) is 1. The van der Waals surface area contributed by atoms with Gasteiger partial charge in [0, 0.05) is 23.9 Å². The van der Waals surface area contributed by atoms with Crippen LogP contribution in [0, 0.1) is 5.82 Å². The van der Waals surface area contributed by atoms with Crippen LogP contribution in [-0.2, 0) is 6.42 Å². The molecule has 0 fully saturated rings. The van der Waals surface area contributed by atoms with Crippen LogP contribution in [0.3, 0.4) is 0 Å². The molecule has 0 saturated heterocycles. The average molecular weight is 401 g/mol. The zero-order valence-corrected chi connectivity index (χ0v) is 15.6. The number of fused-ring (bicyclic) bond motifs is 1. The van der Waals surface area contributed by atoms with Gasteiger partial charge in [0.15, 0.2) is 5.82 Å². The number of benzene rings is 2. The Hall–Kier alpha value is -2.77. The fourth-order valence-electron chi connectivity index (χ4n) is 2.69. The van der Waals surface area contributed by atoms with E-state index < -0.39 is 0 Å². The number of halogens is 2. The molecule has 0 aliphatic rings. The molecular weight excluding hydrogens is 387 g/mol. The van der Waals surface area contributed by atoms with E-state index >= 15 is 0 Å². The number of nitrogens with zero attached hydrogens (tertiary/aromatic N) is 3. The summed E-state index contributed by atoms with van der Waals surface area (Å²) in [6, 6.07) is 13.1. The quantitative estimate of drug-likeness (QED) is 0.545. The van der Waals surface area contributed by atoms with E-state index in [0.717, 1.165) is 10.7 Å². The van der Waals surface area contributed by atoms with Crippen molar-refractivity contribution in [3.8, 4) is 11.4 Å². The van der Waals surface area contributed by atoms with Crippen molar-refractivity contribution in [2.45, 2.75) is 6.42 Å². The Balaban J connectivity index is 1.47. The molecule has 0 saturated carbocycles. The maximum Gasteiger partial charge on any atom is 0.252 e. The standard InChI is InChI=1S/C19H14ClFN4OS/c20-16-7-2-1-6-15(16)18(26)22-9-8-14-11-27-19-23-17(24-25(14)19)12-4-3-5-13(21)10-12/h1-7,10-11H,8-9H2,(H,22,26). The van der Waals surface area contributed by atoms with Crippen molar-refractivity contribution < 1.29 is 9.18 Å². The lowest BCUT2D eigenvalue weighted by atomic mass is 10.2. The van der Waals surface area contributed by atoms with Crippen molar-refractivity contribution in [3.63, 3.8) is 0 Å². The molecule has 27 heavy (non-hydrogen) atoms. The highest BCUT2D eigenvalue weighted by atomic mass is 35.5. The van der Waals surface area contributed by atoms with E-state index in [1.54, 1.807) is 40.9 Å². The predicted molar refractivity (Wildman–Crippen MR) is 104 cm³/mol. The van der Waals surface area contributed by atoms with Gasteiger partial charge in [0.05, 0.1) is 16.3 Å². The molecular formula is C19H14ClFN4OS. The van der Waals surface area contributed by atoms with Crippen LogP contribution in [-0.4, -0.2) is 27.0 Å². The first kappa shape index (κ1) is 17.6. The van der Waals surface area contributed by atoms with E-state index in [2.05, 4.69) is 15.4 Å².